The van der Waals surface area contributed by atoms with E-state index < -0.39 is 6.10 Å². The number of phenolic OH excluding ortho intramolecular Hbond substituents is 2. The van der Waals surface area contributed by atoms with E-state index in [0.717, 1.165) is 11.6 Å². The summed E-state index contributed by atoms with van der Waals surface area (Å²) in [5, 5.41) is 19.8. The van der Waals surface area contributed by atoms with Gasteiger partial charge in [-0.1, -0.05) is 23.7 Å². The summed E-state index contributed by atoms with van der Waals surface area (Å²) in [6.45, 7) is 0. The highest BCUT2D eigenvalue weighted by Crippen LogP contribution is 2.39. The topological polar surface area (TPSA) is 66.8 Å². The van der Waals surface area contributed by atoms with Crippen LogP contribution in [0.4, 0.5) is 0 Å². The molecule has 1 atom stereocenters. The number of rotatable bonds is 2. The van der Waals surface area contributed by atoms with E-state index in [1.54, 1.807) is 12.1 Å². The summed E-state index contributed by atoms with van der Waals surface area (Å²) in [5.74, 6) is -0.469. The predicted molar refractivity (Wildman–Crippen MR) is 73.7 cm³/mol. The monoisotopic (exact) mass is 290 g/mol. The number of benzene rings is 2. The molecule has 4 nitrogen and oxygen atoms in total. The number of carbonyl (C=O) groups excluding carboxylic acids is 1. The van der Waals surface area contributed by atoms with Crippen LogP contribution in [0.25, 0.3) is 0 Å². The average molecular weight is 291 g/mol. The maximum Gasteiger partial charge on any atom is 0.211 e. The fourth-order valence-corrected chi connectivity index (χ4v) is 2.39. The number of hydrogen-bond donors (Lipinski definition) is 2. The summed E-state index contributed by atoms with van der Waals surface area (Å²) in [7, 11) is 0. The van der Waals surface area contributed by atoms with Gasteiger partial charge in [-0.05, 0) is 17.7 Å². The van der Waals surface area contributed by atoms with Crippen LogP contribution in [0, 0.1) is 0 Å². The molecule has 0 aromatic heterocycles. The van der Waals surface area contributed by atoms with Crippen LogP contribution in [0.1, 0.15) is 15.9 Å². The Balaban J connectivity index is 1.87. The Morgan fingerprint density at radius 3 is 2.55 bits per heavy atom. The molecule has 102 valence electrons. The second-order valence-electron chi connectivity index (χ2n) is 4.64. The Kier molecular flexibility index (Phi) is 3.03. The molecular weight excluding hydrogens is 280 g/mol. The summed E-state index contributed by atoms with van der Waals surface area (Å²) < 4.78 is 5.51. The van der Waals surface area contributed by atoms with Crippen LogP contribution in [-0.4, -0.2) is 22.1 Å². The van der Waals surface area contributed by atoms with Crippen molar-refractivity contribution in [1.29, 1.82) is 0 Å². The highest BCUT2D eigenvalue weighted by molar-refractivity contribution is 6.30. The molecule has 2 aromatic rings. The SMILES string of the molecule is O=C1c2c(O)cc(O)cc2OC1Cc1ccc(Cl)cc1. The van der Waals surface area contributed by atoms with Gasteiger partial charge in [0.25, 0.3) is 0 Å². The Hall–Kier alpha value is -2.20. The van der Waals surface area contributed by atoms with Gasteiger partial charge in [0, 0.05) is 23.6 Å². The van der Waals surface area contributed by atoms with E-state index >= 15 is 0 Å². The third kappa shape index (κ3) is 2.18. The minimum atomic E-state index is -0.695. The first-order valence-corrected chi connectivity index (χ1v) is 6.43. The second-order valence-corrected chi connectivity index (χ2v) is 5.08. The van der Waals surface area contributed by atoms with Crippen molar-refractivity contribution in [2.45, 2.75) is 12.5 Å². The van der Waals surface area contributed by atoms with Gasteiger partial charge in [-0.2, -0.15) is 0 Å². The molecule has 3 rings (SSSR count). The molecular formula is C15H11ClO4. The van der Waals surface area contributed by atoms with Gasteiger partial charge in [0.1, 0.15) is 22.8 Å². The first-order chi connectivity index (χ1) is 9.54. The number of Topliss-reactive ketones (excluding diaryl/α,β-unsaturated/α-hetero) is 1. The van der Waals surface area contributed by atoms with Crippen LogP contribution < -0.4 is 4.74 Å². The minimum absolute atomic E-state index is 0.127. The molecule has 2 N–H and O–H groups in total. The lowest BCUT2D eigenvalue weighted by Gasteiger charge is -2.09. The molecule has 1 unspecified atom stereocenters. The number of fused-ring (bicyclic) bond motifs is 1. The quantitative estimate of drug-likeness (QED) is 0.892. The highest BCUT2D eigenvalue weighted by Gasteiger charge is 2.35. The molecule has 0 fully saturated rings. The zero-order valence-electron chi connectivity index (χ0n) is 10.3. The van der Waals surface area contributed by atoms with Crippen LogP contribution in [-0.2, 0) is 6.42 Å². The fraction of sp³-hybridized carbons (Fsp3) is 0.133. The van der Waals surface area contributed by atoms with Gasteiger partial charge in [-0.3, -0.25) is 4.79 Å². The first-order valence-electron chi connectivity index (χ1n) is 6.06. The minimum Gasteiger partial charge on any atom is -0.508 e. The van der Waals surface area contributed by atoms with Gasteiger partial charge >= 0.3 is 0 Å². The van der Waals surface area contributed by atoms with E-state index in [1.807, 2.05) is 12.1 Å². The zero-order valence-corrected chi connectivity index (χ0v) is 11.1. The van der Waals surface area contributed by atoms with Crippen molar-refractivity contribution in [3.05, 3.63) is 52.5 Å². The molecule has 1 aliphatic rings. The maximum atomic E-state index is 12.2. The van der Waals surface area contributed by atoms with E-state index in [4.69, 9.17) is 16.3 Å². The van der Waals surface area contributed by atoms with Gasteiger partial charge in [0.2, 0.25) is 5.78 Å². The van der Waals surface area contributed by atoms with Gasteiger partial charge in [0.05, 0.1) is 0 Å². The third-order valence-electron chi connectivity index (χ3n) is 3.21. The van der Waals surface area contributed by atoms with Crippen LogP contribution in [0.15, 0.2) is 36.4 Å². The Morgan fingerprint density at radius 2 is 1.85 bits per heavy atom. The number of ether oxygens (including phenoxy) is 1. The smallest absolute Gasteiger partial charge is 0.211 e. The highest BCUT2D eigenvalue weighted by atomic mass is 35.5. The molecule has 0 amide bonds. The largest absolute Gasteiger partial charge is 0.508 e. The molecule has 1 aliphatic heterocycles. The zero-order chi connectivity index (χ0) is 14.3. The predicted octanol–water partition coefficient (Wildman–Crippen LogP) is 2.94. The average Bonchev–Trinajstić information content (AvgIpc) is 2.69. The standard InChI is InChI=1S/C15H11ClO4/c16-9-3-1-8(2-4-9)5-13-15(19)14-11(18)6-10(17)7-12(14)20-13/h1-4,6-7,13,17-18H,5H2. The lowest BCUT2D eigenvalue weighted by molar-refractivity contribution is 0.0856. The van der Waals surface area contributed by atoms with E-state index in [1.165, 1.54) is 6.07 Å². The lowest BCUT2D eigenvalue weighted by Crippen LogP contribution is -2.23. The van der Waals surface area contributed by atoms with E-state index in [0.29, 0.717) is 11.4 Å². The maximum absolute atomic E-state index is 12.2. The lowest BCUT2D eigenvalue weighted by atomic mass is 10.0. The van der Waals surface area contributed by atoms with Gasteiger partial charge < -0.3 is 14.9 Å². The number of aromatic hydroxyl groups is 2. The molecule has 0 spiro atoms. The summed E-state index contributed by atoms with van der Waals surface area (Å²) in [4.78, 5) is 12.2. The van der Waals surface area contributed by atoms with Crippen LogP contribution in [0.3, 0.4) is 0 Å². The van der Waals surface area contributed by atoms with Crippen molar-refractivity contribution in [1.82, 2.24) is 0 Å². The molecule has 0 bridgehead atoms. The molecule has 0 aliphatic carbocycles. The molecule has 2 aromatic carbocycles. The number of ketones is 1. The third-order valence-corrected chi connectivity index (χ3v) is 3.46. The number of hydrogen-bond acceptors (Lipinski definition) is 4. The van der Waals surface area contributed by atoms with Crippen LogP contribution >= 0.6 is 11.6 Å². The van der Waals surface area contributed by atoms with Crippen molar-refractivity contribution in [3.8, 4) is 17.2 Å². The Bertz CT molecular complexity index is 679. The molecule has 0 saturated carbocycles. The number of halogens is 1. The summed E-state index contributed by atoms with van der Waals surface area (Å²) in [6, 6.07) is 9.58. The second kappa shape index (κ2) is 4.72. The van der Waals surface area contributed by atoms with Crippen molar-refractivity contribution in [2.24, 2.45) is 0 Å². The van der Waals surface area contributed by atoms with E-state index in [9.17, 15) is 15.0 Å². The fourth-order valence-electron chi connectivity index (χ4n) is 2.26. The summed E-state index contributed by atoms with van der Waals surface area (Å²) >= 11 is 5.81. The number of carbonyl (C=O) groups is 1. The molecule has 0 radical (unpaired) electrons. The molecule has 1 heterocycles. The van der Waals surface area contributed by atoms with Gasteiger partial charge in [0.15, 0.2) is 6.10 Å². The summed E-state index contributed by atoms with van der Waals surface area (Å²) in [6.07, 6.45) is -0.316. The number of phenols is 2. The Morgan fingerprint density at radius 1 is 1.15 bits per heavy atom. The molecule has 5 heteroatoms. The first kappa shape index (κ1) is 12.8. The Labute approximate surface area is 120 Å². The van der Waals surface area contributed by atoms with E-state index in [-0.39, 0.29) is 28.6 Å². The van der Waals surface area contributed by atoms with Crippen molar-refractivity contribution < 1.29 is 19.7 Å². The van der Waals surface area contributed by atoms with Gasteiger partial charge in [-0.15, -0.1) is 0 Å². The van der Waals surface area contributed by atoms with Gasteiger partial charge in [-0.25, -0.2) is 0 Å². The summed E-state index contributed by atoms with van der Waals surface area (Å²) in [5.41, 5.74) is 1.03. The molecule has 20 heavy (non-hydrogen) atoms. The van der Waals surface area contributed by atoms with Crippen molar-refractivity contribution in [3.63, 3.8) is 0 Å². The van der Waals surface area contributed by atoms with E-state index in [2.05, 4.69) is 0 Å². The normalized spacial score (nSPS) is 16.9. The molecule has 0 saturated heterocycles. The van der Waals surface area contributed by atoms with Crippen molar-refractivity contribution in [2.75, 3.05) is 0 Å². The van der Waals surface area contributed by atoms with Crippen LogP contribution in [0.2, 0.25) is 5.02 Å². The van der Waals surface area contributed by atoms with Crippen molar-refractivity contribution >= 4 is 17.4 Å². The van der Waals surface area contributed by atoms with Crippen LogP contribution in [0.5, 0.6) is 17.2 Å².